The molecule has 1 aromatic carbocycles. The van der Waals surface area contributed by atoms with E-state index in [4.69, 9.17) is 14.2 Å². The van der Waals surface area contributed by atoms with Crippen molar-refractivity contribution < 1.29 is 29.3 Å². The van der Waals surface area contributed by atoms with E-state index in [2.05, 4.69) is 11.8 Å². The molecule has 0 saturated carbocycles. The summed E-state index contributed by atoms with van der Waals surface area (Å²) in [6.07, 6.45) is -1.34. The smallest absolute Gasteiger partial charge is 0.228 e. The van der Waals surface area contributed by atoms with E-state index in [1.54, 1.807) is 38.3 Å². The molecule has 0 amide bonds. The summed E-state index contributed by atoms with van der Waals surface area (Å²) in [6, 6.07) is 6.90. The van der Waals surface area contributed by atoms with Gasteiger partial charge in [0.25, 0.3) is 0 Å². The molecule has 25 heavy (non-hydrogen) atoms. The summed E-state index contributed by atoms with van der Waals surface area (Å²) in [5.74, 6) is 6.84. The third-order valence-electron chi connectivity index (χ3n) is 3.96. The summed E-state index contributed by atoms with van der Waals surface area (Å²) in [5, 5.41) is 20.2. The average Bonchev–Trinajstić information content (AvgIpc) is 2.62. The number of ether oxygens (including phenoxy) is 3. The largest absolute Gasteiger partial charge is 0.497 e. The van der Waals surface area contributed by atoms with Crippen LogP contribution in [0.1, 0.15) is 19.8 Å². The third-order valence-corrected chi connectivity index (χ3v) is 5.26. The van der Waals surface area contributed by atoms with Crippen LogP contribution in [0.5, 0.6) is 11.5 Å². The van der Waals surface area contributed by atoms with E-state index in [0.29, 0.717) is 36.7 Å². The van der Waals surface area contributed by atoms with Crippen LogP contribution in [-0.2, 0) is 4.74 Å². The Morgan fingerprint density at radius 2 is 1.92 bits per heavy atom. The van der Waals surface area contributed by atoms with E-state index in [-0.39, 0.29) is 6.10 Å². The molecule has 1 fully saturated rings. The molecular weight excluding hydrogens is 343 g/mol. The van der Waals surface area contributed by atoms with E-state index < -0.39 is 26.6 Å². The van der Waals surface area contributed by atoms with Crippen molar-refractivity contribution in [3.63, 3.8) is 0 Å². The molecule has 7 heteroatoms. The second-order valence-corrected chi connectivity index (χ2v) is 7.59. The van der Waals surface area contributed by atoms with Gasteiger partial charge in [-0.3, -0.25) is 0 Å². The second-order valence-electron chi connectivity index (χ2n) is 5.82. The third kappa shape index (κ3) is 6.14. The number of hydrogen-bond donors (Lipinski definition) is 3. The molecule has 138 valence electrons. The van der Waals surface area contributed by atoms with Crippen LogP contribution in [0.25, 0.3) is 0 Å². The first-order valence-corrected chi connectivity index (χ1v) is 9.85. The Balaban J connectivity index is 1.91. The molecule has 5 unspecified atom stereocenters. The molecule has 5 atom stereocenters. The van der Waals surface area contributed by atoms with Gasteiger partial charge >= 0.3 is 0 Å². The molecule has 1 aromatic rings. The predicted octanol–water partition coefficient (Wildman–Crippen LogP) is 1.71. The summed E-state index contributed by atoms with van der Waals surface area (Å²) in [7, 11) is 0.419. The molecule has 0 bridgehead atoms. The second kappa shape index (κ2) is 9.96. The lowest BCUT2D eigenvalue weighted by atomic mass is 10.0. The van der Waals surface area contributed by atoms with E-state index in [1.807, 2.05) is 0 Å². The van der Waals surface area contributed by atoms with Crippen molar-refractivity contribution in [2.24, 2.45) is 0 Å². The van der Waals surface area contributed by atoms with Crippen LogP contribution in [0.4, 0.5) is 0 Å². The van der Waals surface area contributed by atoms with Gasteiger partial charge in [0.05, 0.1) is 25.5 Å². The Morgan fingerprint density at radius 3 is 2.56 bits per heavy atom. The van der Waals surface area contributed by atoms with E-state index in [0.717, 1.165) is 0 Å². The molecule has 1 aliphatic heterocycles. The van der Waals surface area contributed by atoms with Crippen molar-refractivity contribution in [2.45, 2.75) is 44.4 Å². The zero-order chi connectivity index (χ0) is 18.2. The summed E-state index contributed by atoms with van der Waals surface area (Å²) in [6.45, 7) is 1.74. The van der Waals surface area contributed by atoms with Gasteiger partial charge in [0.15, 0.2) is 0 Å². The van der Waals surface area contributed by atoms with Crippen molar-refractivity contribution in [3.05, 3.63) is 24.3 Å². The Kier molecular flexibility index (Phi) is 7.95. The normalized spacial score (nSPS) is 27.1. The molecule has 0 radical (unpaired) electrons. The molecule has 0 spiro atoms. The van der Waals surface area contributed by atoms with Gasteiger partial charge in [-0.05, 0) is 43.8 Å². The van der Waals surface area contributed by atoms with Gasteiger partial charge in [-0.15, -0.1) is 5.92 Å². The maximum atomic E-state index is 10.1. The number of aliphatic hydroxyl groups excluding tert-OH is 2. The van der Waals surface area contributed by atoms with E-state index in [9.17, 15) is 15.1 Å². The lowest BCUT2D eigenvalue weighted by Crippen LogP contribution is -2.51. The van der Waals surface area contributed by atoms with Gasteiger partial charge in [-0.2, -0.15) is 0 Å². The highest BCUT2D eigenvalue weighted by molar-refractivity contribution is 7.51. The van der Waals surface area contributed by atoms with Crippen LogP contribution in [-0.4, -0.2) is 59.1 Å². The molecule has 3 N–H and O–H groups in total. The summed E-state index contributed by atoms with van der Waals surface area (Å²) in [5.41, 5.74) is 0. The maximum Gasteiger partial charge on any atom is 0.228 e. The first kappa shape index (κ1) is 20.0. The molecule has 2 rings (SSSR count). The Morgan fingerprint density at radius 1 is 1.24 bits per heavy atom. The van der Waals surface area contributed by atoms with Crippen LogP contribution >= 0.6 is 8.15 Å². The highest BCUT2D eigenvalue weighted by Gasteiger charge is 2.38. The summed E-state index contributed by atoms with van der Waals surface area (Å²) in [4.78, 5) is 9.93. The van der Waals surface area contributed by atoms with Crippen LogP contribution in [0, 0.1) is 11.8 Å². The molecular formula is C18H25O6P. The van der Waals surface area contributed by atoms with E-state index >= 15 is 0 Å². The van der Waals surface area contributed by atoms with Crippen molar-refractivity contribution >= 4 is 8.15 Å². The fraction of sp³-hybridized carbons (Fsp3) is 0.556. The van der Waals surface area contributed by atoms with Crippen molar-refractivity contribution in [2.75, 3.05) is 19.4 Å². The molecule has 6 nitrogen and oxygen atoms in total. The minimum Gasteiger partial charge on any atom is -0.497 e. The highest BCUT2D eigenvalue weighted by atomic mass is 31.1. The van der Waals surface area contributed by atoms with Crippen molar-refractivity contribution in [1.82, 2.24) is 0 Å². The number of hydrogen-bond acceptors (Lipinski definition) is 6. The minimum absolute atomic E-state index is 0.284. The number of rotatable bonds is 7. The minimum atomic E-state index is -1.16. The molecule has 1 heterocycles. The Bertz CT molecular complexity index is 581. The molecule has 0 aromatic heterocycles. The van der Waals surface area contributed by atoms with Gasteiger partial charge in [0.1, 0.15) is 17.6 Å². The predicted molar refractivity (Wildman–Crippen MR) is 95.9 cm³/mol. The lowest BCUT2D eigenvalue weighted by molar-refractivity contribution is -0.235. The zero-order valence-corrected chi connectivity index (χ0v) is 15.4. The van der Waals surface area contributed by atoms with Gasteiger partial charge in [-0.1, -0.05) is 5.92 Å². The molecule has 1 aliphatic rings. The van der Waals surface area contributed by atoms with E-state index in [1.165, 1.54) is 0 Å². The Labute approximate surface area is 149 Å². The van der Waals surface area contributed by atoms with Crippen molar-refractivity contribution in [3.8, 4) is 23.3 Å². The standard InChI is InChI=1S/C18H25O6P/c1-3-4-10-25(21)11-9-15-12-16(19)17(20)18(24-15)23-14-7-5-13(22-2)6-8-14/h5-8,15-21H,9-12H2,1-2H3. The van der Waals surface area contributed by atoms with Crippen LogP contribution in [0.3, 0.4) is 0 Å². The van der Waals surface area contributed by atoms with Gasteiger partial charge in [0.2, 0.25) is 6.29 Å². The van der Waals surface area contributed by atoms with Crippen LogP contribution < -0.4 is 9.47 Å². The molecule has 1 saturated heterocycles. The Hall–Kier alpha value is -1.35. The van der Waals surface area contributed by atoms with Crippen molar-refractivity contribution in [1.29, 1.82) is 0 Å². The summed E-state index contributed by atoms with van der Waals surface area (Å²) >= 11 is 0. The zero-order valence-electron chi connectivity index (χ0n) is 14.5. The first-order chi connectivity index (χ1) is 12.0. The topological polar surface area (TPSA) is 88.4 Å². The fourth-order valence-corrected chi connectivity index (χ4v) is 3.61. The number of benzene rings is 1. The SMILES string of the molecule is CC#CCP(O)CCC1CC(O)C(O)C(Oc2ccc(OC)cc2)O1. The lowest BCUT2D eigenvalue weighted by Gasteiger charge is -2.37. The number of aliphatic hydroxyl groups is 2. The first-order valence-electron chi connectivity index (χ1n) is 8.19. The van der Waals surface area contributed by atoms with Gasteiger partial charge < -0.3 is 29.3 Å². The van der Waals surface area contributed by atoms with Gasteiger partial charge in [-0.25, -0.2) is 0 Å². The monoisotopic (exact) mass is 368 g/mol. The number of methoxy groups -OCH3 is 1. The quantitative estimate of drug-likeness (QED) is 0.502. The average molecular weight is 368 g/mol. The van der Waals surface area contributed by atoms with Gasteiger partial charge in [0, 0.05) is 14.6 Å². The van der Waals surface area contributed by atoms with Crippen LogP contribution in [0.15, 0.2) is 24.3 Å². The summed E-state index contributed by atoms with van der Waals surface area (Å²) < 4.78 is 16.5. The maximum absolute atomic E-state index is 10.1. The highest BCUT2D eigenvalue weighted by Crippen LogP contribution is 2.33. The molecule has 0 aliphatic carbocycles. The fourth-order valence-electron chi connectivity index (χ4n) is 2.53. The van der Waals surface area contributed by atoms with Crippen LogP contribution in [0.2, 0.25) is 0 Å².